The van der Waals surface area contributed by atoms with Gasteiger partial charge in [0.05, 0.1) is 19.8 Å². The summed E-state index contributed by atoms with van der Waals surface area (Å²) in [6.45, 7) is 4.31. The van der Waals surface area contributed by atoms with Gasteiger partial charge in [0, 0.05) is 0 Å². The fourth-order valence-corrected chi connectivity index (χ4v) is 3.85. The maximum absolute atomic E-state index is 6.30. The number of hydrogen-bond donors (Lipinski definition) is 0. The fourth-order valence-electron chi connectivity index (χ4n) is 3.85. The number of ether oxygens (including phenoxy) is 5. The van der Waals surface area contributed by atoms with Crippen LogP contribution in [-0.4, -0.2) is 37.5 Å². The van der Waals surface area contributed by atoms with E-state index in [1.54, 1.807) is 7.11 Å². The molecule has 0 spiro atoms. The van der Waals surface area contributed by atoms with E-state index in [9.17, 15) is 0 Å². The molecule has 150 valence electrons. The van der Waals surface area contributed by atoms with Gasteiger partial charge in [-0.1, -0.05) is 42.5 Å². The summed E-state index contributed by atoms with van der Waals surface area (Å²) in [6.07, 6.45) is 0.960. The van der Waals surface area contributed by atoms with Gasteiger partial charge in [0.25, 0.3) is 0 Å². The number of methoxy groups -OCH3 is 1. The lowest BCUT2D eigenvalue weighted by molar-refractivity contribution is -0.219. The molecule has 2 fully saturated rings. The summed E-state index contributed by atoms with van der Waals surface area (Å²) in [6, 6.07) is 18.3. The van der Waals surface area contributed by atoms with Gasteiger partial charge < -0.3 is 23.7 Å². The van der Waals surface area contributed by atoms with Crippen molar-refractivity contribution >= 4 is 0 Å². The van der Waals surface area contributed by atoms with Crippen molar-refractivity contribution in [3.8, 4) is 5.75 Å². The van der Waals surface area contributed by atoms with Crippen molar-refractivity contribution in [1.82, 2.24) is 0 Å². The molecular formula is C23H28O5. The van der Waals surface area contributed by atoms with Crippen molar-refractivity contribution < 1.29 is 23.7 Å². The lowest BCUT2D eigenvalue weighted by atomic mass is 10.0. The van der Waals surface area contributed by atoms with Crippen molar-refractivity contribution in [2.24, 2.45) is 0 Å². The summed E-state index contributed by atoms with van der Waals surface area (Å²) in [5.74, 6) is 0.185. The van der Waals surface area contributed by atoms with Gasteiger partial charge >= 0.3 is 0 Å². The molecule has 0 amide bonds. The second kappa shape index (κ2) is 8.21. The normalized spacial score (nSPS) is 28.2. The standard InChI is InChI=1S/C23H28O5/c1-23(2)27-21-20(25-15-17-9-12-18(24-3)13-10-17)19(26-22(21)28-23)14-11-16-7-5-4-6-8-16/h4-10,12-13,19-22H,11,14-15H2,1-3H3/t19-,20-,21+,22+/m0/s1. The maximum atomic E-state index is 6.30. The Balaban J connectivity index is 1.42. The molecule has 0 aliphatic carbocycles. The molecule has 0 bridgehead atoms. The summed E-state index contributed by atoms with van der Waals surface area (Å²) >= 11 is 0. The molecule has 0 radical (unpaired) electrons. The van der Waals surface area contributed by atoms with E-state index < -0.39 is 5.79 Å². The van der Waals surface area contributed by atoms with Crippen LogP contribution in [-0.2, 0) is 32.0 Å². The van der Waals surface area contributed by atoms with Crippen LogP contribution in [0.1, 0.15) is 31.4 Å². The van der Waals surface area contributed by atoms with E-state index in [2.05, 4.69) is 24.3 Å². The first-order chi connectivity index (χ1) is 13.5. The zero-order valence-electron chi connectivity index (χ0n) is 16.7. The summed E-state index contributed by atoms with van der Waals surface area (Å²) in [4.78, 5) is 0. The van der Waals surface area contributed by atoms with Gasteiger partial charge in [-0.3, -0.25) is 0 Å². The average Bonchev–Trinajstić information content (AvgIpc) is 3.17. The summed E-state index contributed by atoms with van der Waals surface area (Å²) in [7, 11) is 1.66. The van der Waals surface area contributed by atoms with E-state index in [4.69, 9.17) is 23.7 Å². The van der Waals surface area contributed by atoms with Gasteiger partial charge in [0.15, 0.2) is 12.1 Å². The topological polar surface area (TPSA) is 46.2 Å². The second-order valence-corrected chi connectivity index (χ2v) is 7.79. The first-order valence-corrected chi connectivity index (χ1v) is 9.84. The van der Waals surface area contributed by atoms with Crippen molar-refractivity contribution in [2.45, 2.75) is 63.7 Å². The fraction of sp³-hybridized carbons (Fsp3) is 0.478. The van der Waals surface area contributed by atoms with Crippen LogP contribution in [0.3, 0.4) is 0 Å². The van der Waals surface area contributed by atoms with Crippen LogP contribution in [0, 0.1) is 0 Å². The molecule has 0 N–H and O–H groups in total. The molecule has 2 aromatic carbocycles. The number of fused-ring (bicyclic) bond motifs is 1. The van der Waals surface area contributed by atoms with Gasteiger partial charge in [-0.15, -0.1) is 0 Å². The van der Waals surface area contributed by atoms with Crippen molar-refractivity contribution in [2.75, 3.05) is 7.11 Å². The van der Waals surface area contributed by atoms with Crippen LogP contribution in [0.5, 0.6) is 5.75 Å². The van der Waals surface area contributed by atoms with Gasteiger partial charge in [-0.25, -0.2) is 0 Å². The maximum Gasteiger partial charge on any atom is 0.190 e. The van der Waals surface area contributed by atoms with E-state index in [1.807, 2.05) is 44.2 Å². The van der Waals surface area contributed by atoms with Crippen LogP contribution in [0.4, 0.5) is 0 Å². The van der Waals surface area contributed by atoms with E-state index in [0.717, 1.165) is 24.2 Å². The molecule has 2 aliphatic heterocycles. The third-order valence-electron chi connectivity index (χ3n) is 5.25. The summed E-state index contributed by atoms with van der Waals surface area (Å²) in [5.41, 5.74) is 2.38. The minimum absolute atomic E-state index is 0.0652. The van der Waals surface area contributed by atoms with Gasteiger partial charge in [0.2, 0.25) is 0 Å². The molecule has 2 aliphatic rings. The Bertz CT molecular complexity index is 758. The molecule has 4 rings (SSSR count). The monoisotopic (exact) mass is 384 g/mol. The van der Waals surface area contributed by atoms with E-state index >= 15 is 0 Å². The molecule has 4 atom stereocenters. The highest BCUT2D eigenvalue weighted by molar-refractivity contribution is 5.26. The van der Waals surface area contributed by atoms with Gasteiger partial charge in [0.1, 0.15) is 18.0 Å². The van der Waals surface area contributed by atoms with Crippen LogP contribution in [0.15, 0.2) is 54.6 Å². The number of rotatable bonds is 7. The van der Waals surface area contributed by atoms with Crippen LogP contribution in [0.25, 0.3) is 0 Å². The number of hydrogen-bond acceptors (Lipinski definition) is 5. The van der Waals surface area contributed by atoms with Gasteiger partial charge in [-0.05, 0) is 49.9 Å². The summed E-state index contributed by atoms with van der Waals surface area (Å²) < 4.78 is 29.7. The van der Waals surface area contributed by atoms with Gasteiger partial charge in [-0.2, -0.15) is 0 Å². The Labute approximate surface area is 166 Å². The predicted molar refractivity (Wildman–Crippen MR) is 105 cm³/mol. The lowest BCUT2D eigenvalue weighted by Crippen LogP contribution is -2.37. The number of aryl methyl sites for hydroxylation is 1. The molecule has 2 aromatic rings. The van der Waals surface area contributed by atoms with E-state index in [1.165, 1.54) is 5.56 Å². The smallest absolute Gasteiger partial charge is 0.190 e. The zero-order valence-corrected chi connectivity index (χ0v) is 16.7. The van der Waals surface area contributed by atoms with Crippen LogP contribution in [0.2, 0.25) is 0 Å². The third kappa shape index (κ3) is 4.39. The van der Waals surface area contributed by atoms with Crippen molar-refractivity contribution in [1.29, 1.82) is 0 Å². The van der Waals surface area contributed by atoms with Crippen molar-refractivity contribution in [3.05, 3.63) is 65.7 Å². The highest BCUT2D eigenvalue weighted by atomic mass is 16.8. The minimum Gasteiger partial charge on any atom is -0.497 e. The highest BCUT2D eigenvalue weighted by Gasteiger charge is 2.55. The molecule has 0 unspecified atom stereocenters. The first kappa shape index (κ1) is 19.4. The van der Waals surface area contributed by atoms with Crippen molar-refractivity contribution in [3.63, 3.8) is 0 Å². The molecule has 5 heteroatoms. The SMILES string of the molecule is COc1ccc(CO[C@@H]2[C@H]3OC(C)(C)O[C@H]3O[C@H]2CCc2ccccc2)cc1. The Morgan fingerprint density at radius 3 is 2.39 bits per heavy atom. The molecular weight excluding hydrogens is 356 g/mol. The predicted octanol–water partition coefficient (Wildman–Crippen LogP) is 4.09. The molecule has 2 heterocycles. The molecule has 0 saturated carbocycles. The Hall–Kier alpha value is -1.92. The van der Waals surface area contributed by atoms with Crippen LogP contribution >= 0.6 is 0 Å². The average molecular weight is 384 g/mol. The van der Waals surface area contributed by atoms with E-state index in [-0.39, 0.29) is 24.6 Å². The zero-order chi connectivity index (χ0) is 19.6. The number of benzene rings is 2. The Morgan fingerprint density at radius 2 is 1.68 bits per heavy atom. The molecule has 5 nitrogen and oxygen atoms in total. The molecule has 0 aromatic heterocycles. The second-order valence-electron chi connectivity index (χ2n) is 7.79. The Kier molecular flexibility index (Phi) is 5.69. The summed E-state index contributed by atoms with van der Waals surface area (Å²) in [5, 5.41) is 0. The minimum atomic E-state index is -0.651. The Morgan fingerprint density at radius 1 is 0.929 bits per heavy atom. The molecule has 2 saturated heterocycles. The first-order valence-electron chi connectivity index (χ1n) is 9.84. The highest BCUT2D eigenvalue weighted by Crippen LogP contribution is 2.40. The molecule has 28 heavy (non-hydrogen) atoms. The largest absolute Gasteiger partial charge is 0.497 e. The lowest BCUT2D eigenvalue weighted by Gasteiger charge is -2.26. The third-order valence-corrected chi connectivity index (χ3v) is 5.25. The van der Waals surface area contributed by atoms with Crippen LogP contribution < -0.4 is 4.74 Å². The van der Waals surface area contributed by atoms with E-state index in [0.29, 0.717) is 6.61 Å². The quantitative estimate of drug-likeness (QED) is 0.720.